The minimum atomic E-state index is -0.864. The van der Waals surface area contributed by atoms with Crippen LogP contribution in [0.25, 0.3) is 10.9 Å². The average molecular weight is 443 g/mol. The number of aryl methyl sites for hydroxylation is 1. The molecule has 0 aliphatic carbocycles. The van der Waals surface area contributed by atoms with Crippen LogP contribution in [0.4, 0.5) is 4.79 Å². The molecule has 2 aromatic rings. The summed E-state index contributed by atoms with van der Waals surface area (Å²) in [7, 11) is 0. The van der Waals surface area contributed by atoms with E-state index in [1.165, 1.54) is 4.90 Å². The molecule has 174 valence electrons. The summed E-state index contributed by atoms with van der Waals surface area (Å²) in [4.78, 5) is 25.8. The molecule has 3 unspecified atom stereocenters. The first kappa shape index (κ1) is 22.6. The Bertz CT molecular complexity index is 1000. The Morgan fingerprint density at radius 1 is 1.28 bits per heavy atom. The van der Waals surface area contributed by atoms with E-state index < -0.39 is 6.09 Å². The third-order valence-electron chi connectivity index (χ3n) is 6.67. The van der Waals surface area contributed by atoms with E-state index in [0.29, 0.717) is 25.2 Å². The van der Waals surface area contributed by atoms with E-state index in [9.17, 15) is 14.7 Å². The van der Waals surface area contributed by atoms with Crippen molar-refractivity contribution in [3.63, 3.8) is 0 Å². The number of ether oxygens (including phenoxy) is 1. The lowest BCUT2D eigenvalue weighted by atomic mass is 9.72. The quantitative estimate of drug-likeness (QED) is 0.737. The van der Waals surface area contributed by atoms with Crippen molar-refractivity contribution in [3.8, 4) is 0 Å². The van der Waals surface area contributed by atoms with Gasteiger partial charge in [-0.05, 0) is 49.3 Å². The molecular weight excluding hydrogens is 408 g/mol. The van der Waals surface area contributed by atoms with Crippen LogP contribution in [0.15, 0.2) is 18.3 Å². The van der Waals surface area contributed by atoms with Gasteiger partial charge in [0.1, 0.15) is 0 Å². The fourth-order valence-corrected chi connectivity index (χ4v) is 5.19. The molecule has 2 fully saturated rings. The summed E-state index contributed by atoms with van der Waals surface area (Å²) in [6, 6.07) is 3.80. The number of benzene rings is 1. The zero-order chi connectivity index (χ0) is 23.0. The molecule has 2 aliphatic heterocycles. The number of carbonyl (C=O) groups excluding carboxylic acids is 1. The second-order valence-electron chi connectivity index (χ2n) is 10.3. The third-order valence-corrected chi connectivity index (χ3v) is 6.67. The fourth-order valence-electron chi connectivity index (χ4n) is 5.19. The van der Waals surface area contributed by atoms with E-state index in [4.69, 9.17) is 9.84 Å². The highest BCUT2D eigenvalue weighted by atomic mass is 16.5. The van der Waals surface area contributed by atoms with Crippen LogP contribution in [-0.4, -0.2) is 63.6 Å². The van der Waals surface area contributed by atoms with Crippen LogP contribution >= 0.6 is 0 Å². The van der Waals surface area contributed by atoms with Crippen molar-refractivity contribution >= 4 is 22.9 Å². The van der Waals surface area contributed by atoms with Crippen LogP contribution in [0.3, 0.4) is 0 Å². The van der Waals surface area contributed by atoms with Gasteiger partial charge in [0.05, 0.1) is 11.6 Å². The molecule has 2 saturated heterocycles. The van der Waals surface area contributed by atoms with Gasteiger partial charge in [-0.2, -0.15) is 5.10 Å². The van der Waals surface area contributed by atoms with Crippen LogP contribution in [0.1, 0.15) is 56.0 Å². The Kier molecular flexibility index (Phi) is 6.16. The second kappa shape index (κ2) is 8.73. The number of carbonyl (C=O) groups is 2. The van der Waals surface area contributed by atoms with Crippen molar-refractivity contribution in [2.24, 2.45) is 11.3 Å². The predicted octanol–water partition coefficient (Wildman–Crippen LogP) is 3.67. The molecule has 0 radical (unpaired) electrons. The van der Waals surface area contributed by atoms with E-state index in [0.717, 1.165) is 42.3 Å². The topological polar surface area (TPSA) is 96.7 Å². The normalized spacial score (nSPS) is 23.8. The Morgan fingerprint density at radius 3 is 2.72 bits per heavy atom. The molecule has 0 saturated carbocycles. The molecule has 0 spiro atoms. The zero-order valence-corrected chi connectivity index (χ0v) is 19.4. The lowest BCUT2D eigenvalue weighted by Crippen LogP contribution is -2.64. The van der Waals surface area contributed by atoms with Gasteiger partial charge in [-0.3, -0.25) is 9.48 Å². The van der Waals surface area contributed by atoms with Gasteiger partial charge in [0.25, 0.3) is 5.91 Å². The average Bonchev–Trinajstić information content (AvgIpc) is 3.08. The van der Waals surface area contributed by atoms with Crippen molar-refractivity contribution in [3.05, 3.63) is 29.5 Å². The SMILES string of the molecule is Cc1cc2nn(CC3CN(C(=O)O)C3C(C)(C)C)cc2cc1C(=O)NCC1CCCCO1. The highest BCUT2D eigenvalue weighted by molar-refractivity contribution is 5.99. The van der Waals surface area contributed by atoms with E-state index in [-0.39, 0.29) is 29.4 Å². The number of nitrogens with zero attached hydrogens (tertiary/aromatic N) is 3. The van der Waals surface area contributed by atoms with Gasteiger partial charge in [-0.25, -0.2) is 4.79 Å². The van der Waals surface area contributed by atoms with Gasteiger partial charge in [-0.15, -0.1) is 0 Å². The van der Waals surface area contributed by atoms with Crippen LogP contribution in [0, 0.1) is 18.3 Å². The fraction of sp³-hybridized carbons (Fsp3) is 0.625. The Labute approximate surface area is 188 Å². The van der Waals surface area contributed by atoms with Crippen molar-refractivity contribution < 1.29 is 19.4 Å². The number of hydrogen-bond donors (Lipinski definition) is 2. The number of carboxylic acid groups (broad SMARTS) is 1. The first-order valence-corrected chi connectivity index (χ1v) is 11.5. The highest BCUT2D eigenvalue weighted by Gasteiger charge is 2.48. The first-order valence-electron chi connectivity index (χ1n) is 11.5. The maximum absolute atomic E-state index is 12.8. The number of fused-ring (bicyclic) bond motifs is 1. The molecule has 2 aliphatic rings. The van der Waals surface area contributed by atoms with Gasteiger partial charge >= 0.3 is 6.09 Å². The van der Waals surface area contributed by atoms with Crippen molar-refractivity contribution in [1.82, 2.24) is 20.0 Å². The Balaban J connectivity index is 1.46. The third kappa shape index (κ3) is 4.60. The zero-order valence-electron chi connectivity index (χ0n) is 19.4. The molecule has 3 atom stereocenters. The van der Waals surface area contributed by atoms with Crippen molar-refractivity contribution in [2.75, 3.05) is 19.7 Å². The number of aromatic nitrogens is 2. The Hall–Kier alpha value is -2.61. The van der Waals surface area contributed by atoms with Crippen molar-refractivity contribution in [1.29, 1.82) is 0 Å². The summed E-state index contributed by atoms with van der Waals surface area (Å²) < 4.78 is 7.60. The van der Waals surface area contributed by atoms with E-state index in [1.807, 2.05) is 29.9 Å². The summed E-state index contributed by atoms with van der Waals surface area (Å²) >= 11 is 0. The van der Waals surface area contributed by atoms with Gasteiger partial charge in [0.15, 0.2) is 0 Å². The van der Waals surface area contributed by atoms with E-state index in [2.05, 4.69) is 26.1 Å². The molecule has 0 bridgehead atoms. The molecule has 8 heteroatoms. The summed E-state index contributed by atoms with van der Waals surface area (Å²) in [6.07, 6.45) is 4.42. The number of hydrogen-bond acceptors (Lipinski definition) is 4. The Morgan fingerprint density at radius 2 is 2.06 bits per heavy atom. The van der Waals surface area contributed by atoms with Crippen LogP contribution in [0.5, 0.6) is 0 Å². The van der Waals surface area contributed by atoms with Crippen LogP contribution < -0.4 is 5.32 Å². The molecule has 2 N–H and O–H groups in total. The largest absolute Gasteiger partial charge is 0.465 e. The molecule has 3 heterocycles. The second-order valence-corrected chi connectivity index (χ2v) is 10.3. The molecule has 8 nitrogen and oxygen atoms in total. The minimum absolute atomic E-state index is 0.0441. The maximum Gasteiger partial charge on any atom is 0.407 e. The standard InChI is InChI=1S/C24H34N4O4/c1-15-9-20-16(10-19(15)22(29)25-11-18-7-5-6-8-32-18)12-27(26-20)13-17-14-28(23(30)31)21(17)24(2,3)4/h9-10,12,17-18,21H,5-8,11,13-14H2,1-4H3,(H,25,29)(H,30,31). The molecule has 32 heavy (non-hydrogen) atoms. The maximum atomic E-state index is 12.8. The van der Waals surface area contributed by atoms with Crippen LogP contribution in [-0.2, 0) is 11.3 Å². The lowest BCUT2D eigenvalue weighted by molar-refractivity contribution is -0.0424. The molecule has 1 aromatic heterocycles. The molecule has 2 amide bonds. The van der Waals surface area contributed by atoms with Crippen LogP contribution in [0.2, 0.25) is 0 Å². The predicted molar refractivity (Wildman–Crippen MR) is 122 cm³/mol. The monoisotopic (exact) mass is 442 g/mol. The van der Waals surface area contributed by atoms with E-state index >= 15 is 0 Å². The van der Waals surface area contributed by atoms with Gasteiger partial charge in [0, 0.05) is 55.3 Å². The number of likely N-dealkylation sites (tertiary alicyclic amines) is 1. The minimum Gasteiger partial charge on any atom is -0.465 e. The summed E-state index contributed by atoms with van der Waals surface area (Å²) in [6.45, 7) is 10.6. The van der Waals surface area contributed by atoms with Gasteiger partial charge in [0.2, 0.25) is 0 Å². The first-order chi connectivity index (χ1) is 15.1. The number of amides is 2. The number of rotatable bonds is 5. The molecular formula is C24H34N4O4. The highest BCUT2D eigenvalue weighted by Crippen LogP contribution is 2.39. The smallest absolute Gasteiger partial charge is 0.407 e. The summed E-state index contributed by atoms with van der Waals surface area (Å²) in [5.41, 5.74) is 2.24. The number of nitrogens with one attached hydrogen (secondary N) is 1. The van der Waals surface area contributed by atoms with Crippen molar-refractivity contribution in [2.45, 2.75) is 65.6 Å². The summed E-state index contributed by atoms with van der Waals surface area (Å²) in [5, 5.41) is 18.1. The summed E-state index contributed by atoms with van der Waals surface area (Å²) in [5.74, 6) is 0.120. The van der Waals surface area contributed by atoms with Gasteiger partial charge in [-0.1, -0.05) is 20.8 Å². The lowest BCUT2D eigenvalue weighted by Gasteiger charge is -2.52. The molecule has 4 rings (SSSR count). The molecule has 1 aromatic carbocycles. The van der Waals surface area contributed by atoms with E-state index in [1.54, 1.807) is 0 Å². The van der Waals surface area contributed by atoms with Gasteiger partial charge < -0.3 is 20.1 Å².